The fraction of sp³-hybridized carbons (Fsp3) is 0.857. The number of carbonyl (C=O) groups is 1. The molecule has 1 rings (SSSR count). The van der Waals surface area contributed by atoms with Gasteiger partial charge in [0.2, 0.25) is 0 Å². The highest BCUT2D eigenvalue weighted by atomic mass is 35.5. The summed E-state index contributed by atoms with van der Waals surface area (Å²) in [5.41, 5.74) is -0.123. The highest BCUT2D eigenvalue weighted by Crippen LogP contribution is 2.42. The number of hydrogen-bond acceptors (Lipinski definition) is 1. The Labute approximate surface area is 60.4 Å². The van der Waals surface area contributed by atoms with Crippen LogP contribution in [0.3, 0.4) is 0 Å². The molecule has 0 aromatic carbocycles. The lowest BCUT2D eigenvalue weighted by atomic mass is 9.62. The van der Waals surface area contributed by atoms with Crippen LogP contribution in [0.5, 0.6) is 0 Å². The summed E-state index contributed by atoms with van der Waals surface area (Å²) in [6, 6.07) is 0. The van der Waals surface area contributed by atoms with Gasteiger partial charge >= 0.3 is 0 Å². The zero-order chi connectivity index (χ0) is 7.07. The van der Waals surface area contributed by atoms with E-state index in [9.17, 15) is 4.79 Å². The lowest BCUT2D eigenvalue weighted by Crippen LogP contribution is -2.46. The van der Waals surface area contributed by atoms with Gasteiger partial charge in [0.15, 0.2) is 0 Å². The van der Waals surface area contributed by atoms with Crippen LogP contribution in [0.1, 0.15) is 20.3 Å². The van der Waals surface area contributed by atoms with Gasteiger partial charge in [-0.1, -0.05) is 13.8 Å². The first-order chi connectivity index (χ1) is 4.09. The SMILES string of the molecule is CC1(C)C(=O)CC1CCl. The molecular weight excluding hydrogens is 136 g/mol. The van der Waals surface area contributed by atoms with Gasteiger partial charge in [0.05, 0.1) is 0 Å². The van der Waals surface area contributed by atoms with Crippen molar-refractivity contribution in [2.75, 3.05) is 5.88 Å². The molecule has 0 amide bonds. The Morgan fingerprint density at radius 3 is 2.44 bits per heavy atom. The first kappa shape index (κ1) is 7.07. The summed E-state index contributed by atoms with van der Waals surface area (Å²) in [6.45, 7) is 3.93. The van der Waals surface area contributed by atoms with E-state index >= 15 is 0 Å². The smallest absolute Gasteiger partial charge is 0.139 e. The van der Waals surface area contributed by atoms with E-state index in [0.29, 0.717) is 24.0 Å². The second kappa shape index (κ2) is 1.98. The van der Waals surface area contributed by atoms with Gasteiger partial charge in [0.1, 0.15) is 5.78 Å². The summed E-state index contributed by atoms with van der Waals surface area (Å²) in [7, 11) is 0. The van der Waals surface area contributed by atoms with E-state index in [1.54, 1.807) is 0 Å². The summed E-state index contributed by atoms with van der Waals surface area (Å²) in [4.78, 5) is 10.9. The van der Waals surface area contributed by atoms with Crippen molar-refractivity contribution in [3.8, 4) is 0 Å². The molecule has 0 bridgehead atoms. The molecule has 9 heavy (non-hydrogen) atoms. The summed E-state index contributed by atoms with van der Waals surface area (Å²) in [5.74, 6) is 1.40. The van der Waals surface area contributed by atoms with Gasteiger partial charge in [0.25, 0.3) is 0 Å². The molecule has 2 heteroatoms. The van der Waals surface area contributed by atoms with Crippen LogP contribution in [0.25, 0.3) is 0 Å². The molecule has 0 spiro atoms. The lowest BCUT2D eigenvalue weighted by Gasteiger charge is -2.41. The molecule has 1 nitrogen and oxygen atoms in total. The summed E-state index contributed by atoms with van der Waals surface area (Å²) in [5, 5.41) is 0. The second-order valence-corrected chi connectivity index (χ2v) is 3.51. The van der Waals surface area contributed by atoms with Gasteiger partial charge < -0.3 is 0 Å². The Morgan fingerprint density at radius 1 is 1.78 bits per heavy atom. The fourth-order valence-electron chi connectivity index (χ4n) is 1.09. The predicted molar refractivity (Wildman–Crippen MR) is 37.6 cm³/mol. The van der Waals surface area contributed by atoms with E-state index < -0.39 is 0 Å². The Balaban J connectivity index is 2.58. The zero-order valence-electron chi connectivity index (χ0n) is 5.78. The van der Waals surface area contributed by atoms with Crippen molar-refractivity contribution in [3.63, 3.8) is 0 Å². The van der Waals surface area contributed by atoms with E-state index in [4.69, 9.17) is 11.6 Å². The van der Waals surface area contributed by atoms with Crippen LogP contribution in [0, 0.1) is 11.3 Å². The van der Waals surface area contributed by atoms with Crippen LogP contribution in [-0.2, 0) is 4.79 Å². The highest BCUT2D eigenvalue weighted by molar-refractivity contribution is 6.18. The van der Waals surface area contributed by atoms with Crippen LogP contribution >= 0.6 is 11.6 Å². The number of ketones is 1. The number of halogens is 1. The maximum atomic E-state index is 10.9. The van der Waals surface area contributed by atoms with Crippen LogP contribution in [0.4, 0.5) is 0 Å². The molecule has 1 saturated carbocycles. The highest BCUT2D eigenvalue weighted by Gasteiger charge is 2.46. The van der Waals surface area contributed by atoms with Gasteiger partial charge in [-0.25, -0.2) is 0 Å². The molecule has 0 heterocycles. The van der Waals surface area contributed by atoms with Crippen LogP contribution in [0.15, 0.2) is 0 Å². The first-order valence-electron chi connectivity index (χ1n) is 3.18. The van der Waals surface area contributed by atoms with Crippen molar-refractivity contribution in [1.29, 1.82) is 0 Å². The van der Waals surface area contributed by atoms with Gasteiger partial charge in [0, 0.05) is 17.7 Å². The Bertz CT molecular complexity index is 140. The van der Waals surface area contributed by atoms with Gasteiger partial charge in [-0.2, -0.15) is 0 Å². The molecule has 1 aliphatic carbocycles. The third-order valence-electron chi connectivity index (χ3n) is 2.36. The molecule has 0 aromatic rings. The van der Waals surface area contributed by atoms with Crippen LogP contribution in [-0.4, -0.2) is 11.7 Å². The number of Topliss-reactive ketones (excluding diaryl/α,β-unsaturated/α-hetero) is 1. The minimum absolute atomic E-state index is 0.123. The molecule has 1 aliphatic rings. The quantitative estimate of drug-likeness (QED) is 0.516. The molecule has 0 saturated heterocycles. The summed E-state index contributed by atoms with van der Waals surface area (Å²) in [6.07, 6.45) is 0.691. The average Bonchev–Trinajstić information content (AvgIpc) is 1.82. The van der Waals surface area contributed by atoms with E-state index in [-0.39, 0.29) is 5.41 Å². The molecule has 0 aromatic heterocycles. The van der Waals surface area contributed by atoms with Gasteiger partial charge in [-0.3, -0.25) is 4.79 Å². The van der Waals surface area contributed by atoms with Crippen LogP contribution in [0.2, 0.25) is 0 Å². The van der Waals surface area contributed by atoms with Crippen molar-refractivity contribution < 1.29 is 4.79 Å². The zero-order valence-corrected chi connectivity index (χ0v) is 6.53. The minimum atomic E-state index is -0.123. The number of alkyl halides is 1. The Hall–Kier alpha value is -0.0400. The Kier molecular flexibility index (Phi) is 1.55. The molecule has 1 unspecified atom stereocenters. The number of rotatable bonds is 1. The normalized spacial score (nSPS) is 31.9. The molecule has 1 fully saturated rings. The third kappa shape index (κ3) is 0.877. The van der Waals surface area contributed by atoms with Crippen LogP contribution < -0.4 is 0 Å². The molecule has 1 atom stereocenters. The minimum Gasteiger partial charge on any atom is -0.299 e. The summed E-state index contributed by atoms with van der Waals surface area (Å²) < 4.78 is 0. The van der Waals surface area contributed by atoms with Crippen molar-refractivity contribution >= 4 is 17.4 Å². The van der Waals surface area contributed by atoms with E-state index in [2.05, 4.69) is 0 Å². The van der Waals surface area contributed by atoms with Crippen molar-refractivity contribution in [2.24, 2.45) is 11.3 Å². The topological polar surface area (TPSA) is 17.1 Å². The van der Waals surface area contributed by atoms with E-state index in [0.717, 1.165) is 0 Å². The molecule has 52 valence electrons. The monoisotopic (exact) mass is 146 g/mol. The molecule has 0 radical (unpaired) electrons. The lowest BCUT2D eigenvalue weighted by molar-refractivity contribution is -0.141. The molecule has 0 aliphatic heterocycles. The maximum Gasteiger partial charge on any atom is 0.139 e. The molecule has 0 N–H and O–H groups in total. The average molecular weight is 147 g/mol. The van der Waals surface area contributed by atoms with Crippen molar-refractivity contribution in [3.05, 3.63) is 0 Å². The third-order valence-corrected chi connectivity index (χ3v) is 2.73. The van der Waals surface area contributed by atoms with Gasteiger partial charge in [-0.15, -0.1) is 11.6 Å². The summed E-state index contributed by atoms with van der Waals surface area (Å²) >= 11 is 5.60. The molecular formula is C7H11ClO. The second-order valence-electron chi connectivity index (χ2n) is 3.20. The largest absolute Gasteiger partial charge is 0.299 e. The van der Waals surface area contributed by atoms with Crippen molar-refractivity contribution in [1.82, 2.24) is 0 Å². The maximum absolute atomic E-state index is 10.9. The number of carbonyl (C=O) groups excluding carboxylic acids is 1. The predicted octanol–water partition coefficient (Wildman–Crippen LogP) is 1.84. The van der Waals surface area contributed by atoms with Crippen molar-refractivity contribution in [2.45, 2.75) is 20.3 Å². The fourth-order valence-corrected chi connectivity index (χ4v) is 1.58. The van der Waals surface area contributed by atoms with E-state index in [1.807, 2.05) is 13.8 Å². The Morgan fingerprint density at radius 2 is 2.33 bits per heavy atom. The number of hydrogen-bond donors (Lipinski definition) is 0. The van der Waals surface area contributed by atoms with E-state index in [1.165, 1.54) is 0 Å². The standard InChI is InChI=1S/C7H11ClO/c1-7(2)5(4-8)3-6(7)9/h5H,3-4H2,1-2H3. The first-order valence-corrected chi connectivity index (χ1v) is 3.71. The van der Waals surface area contributed by atoms with Gasteiger partial charge in [-0.05, 0) is 5.92 Å².